The van der Waals surface area contributed by atoms with E-state index in [0.29, 0.717) is 11.3 Å². The Labute approximate surface area is 129 Å². The van der Waals surface area contributed by atoms with Crippen LogP contribution in [0.3, 0.4) is 0 Å². The van der Waals surface area contributed by atoms with E-state index in [2.05, 4.69) is 22.7 Å². The number of carbonyl (C=O) groups is 1. The van der Waals surface area contributed by atoms with Crippen molar-refractivity contribution in [2.24, 2.45) is 0 Å². The van der Waals surface area contributed by atoms with Crippen molar-refractivity contribution in [2.45, 2.75) is 6.92 Å². The van der Waals surface area contributed by atoms with E-state index in [0.717, 1.165) is 11.3 Å². The van der Waals surface area contributed by atoms with Crippen molar-refractivity contribution in [3.8, 4) is 0 Å². The highest BCUT2D eigenvalue weighted by Crippen LogP contribution is 2.10. The molecule has 0 spiro atoms. The third kappa shape index (κ3) is 4.63. The third-order valence-electron chi connectivity index (χ3n) is 3.02. The average Bonchev–Trinajstić information content (AvgIpc) is 2.51. The maximum absolute atomic E-state index is 12.8. The van der Waals surface area contributed by atoms with Gasteiger partial charge in [-0.1, -0.05) is 18.7 Å². The van der Waals surface area contributed by atoms with Crippen molar-refractivity contribution >= 4 is 17.3 Å². The molecule has 2 rings (SSSR count). The van der Waals surface area contributed by atoms with Crippen LogP contribution in [-0.4, -0.2) is 12.5 Å². The predicted molar refractivity (Wildman–Crippen MR) is 86.4 cm³/mol. The lowest BCUT2D eigenvalue weighted by atomic mass is 10.2. The number of halogens is 1. The largest absolute Gasteiger partial charge is 0.376 e. The van der Waals surface area contributed by atoms with Gasteiger partial charge in [0.15, 0.2) is 0 Å². The molecule has 0 fully saturated rings. The number of amides is 1. The van der Waals surface area contributed by atoms with Crippen molar-refractivity contribution in [1.29, 1.82) is 0 Å². The van der Waals surface area contributed by atoms with Crippen molar-refractivity contribution in [2.75, 3.05) is 11.9 Å². The second-order valence-corrected chi connectivity index (χ2v) is 4.88. The van der Waals surface area contributed by atoms with Crippen LogP contribution in [-0.2, 0) is 4.79 Å². The molecule has 0 radical (unpaired) electrons. The number of nitrogens with one attached hydrogen (secondary N) is 3. The Balaban J connectivity index is 1.78. The molecule has 0 aliphatic heterocycles. The molecular formula is C17H18FN3O. The van der Waals surface area contributed by atoms with Gasteiger partial charge in [0, 0.05) is 5.69 Å². The molecule has 0 aliphatic carbocycles. The van der Waals surface area contributed by atoms with Gasteiger partial charge in [-0.3, -0.25) is 15.6 Å². The fraction of sp³-hybridized carbons (Fsp3) is 0.118. The SMILES string of the molecule is C=C(NNC(=O)CNc1cccc(C)c1)c1ccc(F)cc1. The minimum Gasteiger partial charge on any atom is -0.376 e. The van der Waals surface area contributed by atoms with Crippen LogP contribution in [0.25, 0.3) is 5.70 Å². The first kappa shape index (κ1) is 15.6. The zero-order valence-electron chi connectivity index (χ0n) is 12.3. The molecule has 2 aromatic carbocycles. The monoisotopic (exact) mass is 299 g/mol. The summed E-state index contributed by atoms with van der Waals surface area (Å²) in [6.45, 7) is 5.91. The standard InChI is InChI=1S/C17H18FN3O/c1-12-4-3-5-16(10-12)19-11-17(22)21-20-13(2)14-6-8-15(18)9-7-14/h3-10,19-20H,2,11H2,1H3,(H,21,22). The van der Waals surface area contributed by atoms with Crippen LogP contribution in [0.1, 0.15) is 11.1 Å². The Bertz CT molecular complexity index is 668. The lowest BCUT2D eigenvalue weighted by Crippen LogP contribution is -2.39. The van der Waals surface area contributed by atoms with Gasteiger partial charge in [0.25, 0.3) is 5.91 Å². The number of carbonyl (C=O) groups excluding carboxylic acids is 1. The molecule has 0 aliphatic rings. The summed E-state index contributed by atoms with van der Waals surface area (Å²) in [5.41, 5.74) is 8.44. The van der Waals surface area contributed by atoms with Gasteiger partial charge in [-0.25, -0.2) is 4.39 Å². The highest BCUT2D eigenvalue weighted by Gasteiger charge is 2.03. The highest BCUT2D eigenvalue weighted by atomic mass is 19.1. The Hall–Kier alpha value is -2.82. The quantitative estimate of drug-likeness (QED) is 0.719. The molecule has 3 N–H and O–H groups in total. The van der Waals surface area contributed by atoms with Crippen molar-refractivity contribution in [3.05, 3.63) is 72.1 Å². The van der Waals surface area contributed by atoms with E-state index in [1.807, 2.05) is 31.2 Å². The van der Waals surface area contributed by atoms with E-state index >= 15 is 0 Å². The van der Waals surface area contributed by atoms with Crippen LogP contribution in [0.2, 0.25) is 0 Å². The second-order valence-electron chi connectivity index (χ2n) is 4.88. The molecule has 1 amide bonds. The van der Waals surface area contributed by atoms with Crippen LogP contribution < -0.4 is 16.2 Å². The molecule has 0 bridgehead atoms. The Morgan fingerprint density at radius 1 is 1.14 bits per heavy atom. The Morgan fingerprint density at radius 3 is 2.55 bits per heavy atom. The van der Waals surface area contributed by atoms with E-state index in [9.17, 15) is 9.18 Å². The molecule has 0 aromatic heterocycles. The fourth-order valence-electron chi connectivity index (χ4n) is 1.85. The van der Waals surface area contributed by atoms with Gasteiger partial charge in [-0.05, 0) is 54.4 Å². The lowest BCUT2D eigenvalue weighted by molar-refractivity contribution is -0.120. The number of anilines is 1. The summed E-state index contributed by atoms with van der Waals surface area (Å²) in [4.78, 5) is 11.8. The second kappa shape index (κ2) is 7.26. The van der Waals surface area contributed by atoms with Gasteiger partial charge < -0.3 is 5.32 Å². The highest BCUT2D eigenvalue weighted by molar-refractivity contribution is 5.81. The number of hydrazine groups is 1. The van der Waals surface area contributed by atoms with Crippen molar-refractivity contribution < 1.29 is 9.18 Å². The van der Waals surface area contributed by atoms with Crippen molar-refractivity contribution in [3.63, 3.8) is 0 Å². The fourth-order valence-corrected chi connectivity index (χ4v) is 1.85. The molecule has 2 aromatic rings. The molecule has 0 saturated heterocycles. The molecule has 0 heterocycles. The Morgan fingerprint density at radius 2 is 1.86 bits per heavy atom. The van der Waals surface area contributed by atoms with Crippen LogP contribution in [0.4, 0.5) is 10.1 Å². The molecule has 0 unspecified atom stereocenters. The first-order valence-corrected chi connectivity index (χ1v) is 6.85. The van der Waals surface area contributed by atoms with Gasteiger partial charge in [-0.2, -0.15) is 0 Å². The molecule has 0 saturated carbocycles. The zero-order chi connectivity index (χ0) is 15.9. The van der Waals surface area contributed by atoms with E-state index in [1.54, 1.807) is 12.1 Å². The lowest BCUT2D eigenvalue weighted by Gasteiger charge is -2.12. The van der Waals surface area contributed by atoms with Gasteiger partial charge in [-0.15, -0.1) is 0 Å². The van der Waals surface area contributed by atoms with Gasteiger partial charge >= 0.3 is 0 Å². The maximum Gasteiger partial charge on any atom is 0.257 e. The predicted octanol–water partition coefficient (Wildman–Crippen LogP) is 2.84. The minimum absolute atomic E-state index is 0.132. The van der Waals surface area contributed by atoms with Crippen LogP contribution in [0.15, 0.2) is 55.1 Å². The molecule has 22 heavy (non-hydrogen) atoms. The zero-order valence-corrected chi connectivity index (χ0v) is 12.3. The third-order valence-corrected chi connectivity index (χ3v) is 3.02. The summed E-state index contributed by atoms with van der Waals surface area (Å²) >= 11 is 0. The topological polar surface area (TPSA) is 53.2 Å². The van der Waals surface area contributed by atoms with Crippen LogP contribution >= 0.6 is 0 Å². The summed E-state index contributed by atoms with van der Waals surface area (Å²) in [5, 5.41) is 3.02. The normalized spacial score (nSPS) is 9.91. The van der Waals surface area contributed by atoms with Crippen LogP contribution in [0, 0.1) is 12.7 Å². The van der Waals surface area contributed by atoms with E-state index in [4.69, 9.17) is 0 Å². The number of rotatable bonds is 6. The number of aryl methyl sites for hydroxylation is 1. The first-order valence-electron chi connectivity index (χ1n) is 6.85. The van der Waals surface area contributed by atoms with E-state index in [1.165, 1.54) is 12.1 Å². The average molecular weight is 299 g/mol. The summed E-state index contributed by atoms with van der Waals surface area (Å²) in [7, 11) is 0. The van der Waals surface area contributed by atoms with E-state index in [-0.39, 0.29) is 18.3 Å². The summed E-state index contributed by atoms with van der Waals surface area (Å²) < 4.78 is 12.8. The van der Waals surface area contributed by atoms with Crippen LogP contribution in [0.5, 0.6) is 0 Å². The molecule has 114 valence electrons. The van der Waals surface area contributed by atoms with E-state index < -0.39 is 0 Å². The van der Waals surface area contributed by atoms with Gasteiger partial charge in [0.2, 0.25) is 0 Å². The smallest absolute Gasteiger partial charge is 0.257 e. The minimum atomic E-state index is -0.317. The summed E-state index contributed by atoms with van der Waals surface area (Å²) in [5.74, 6) is -0.548. The summed E-state index contributed by atoms with van der Waals surface area (Å²) in [6.07, 6.45) is 0. The molecular weight excluding hydrogens is 281 g/mol. The maximum atomic E-state index is 12.8. The molecule has 0 atom stereocenters. The number of hydrogen-bond donors (Lipinski definition) is 3. The van der Waals surface area contributed by atoms with Gasteiger partial charge in [0.1, 0.15) is 5.82 Å². The number of hydrogen-bond acceptors (Lipinski definition) is 3. The summed E-state index contributed by atoms with van der Waals surface area (Å²) in [6, 6.07) is 13.6. The molecule has 5 heteroatoms. The Kier molecular flexibility index (Phi) is 5.14. The first-order chi connectivity index (χ1) is 10.5. The van der Waals surface area contributed by atoms with Gasteiger partial charge in [0.05, 0.1) is 12.2 Å². The number of benzene rings is 2. The van der Waals surface area contributed by atoms with Crippen molar-refractivity contribution in [1.82, 2.24) is 10.9 Å². The molecule has 4 nitrogen and oxygen atoms in total.